The van der Waals surface area contributed by atoms with Crippen molar-refractivity contribution in [3.05, 3.63) is 29.8 Å². The molecule has 0 saturated heterocycles. The molecule has 0 radical (unpaired) electrons. The van der Waals surface area contributed by atoms with E-state index < -0.39 is 9.84 Å². The van der Waals surface area contributed by atoms with Gasteiger partial charge in [0.05, 0.1) is 16.7 Å². The fourth-order valence-corrected chi connectivity index (χ4v) is 3.87. The van der Waals surface area contributed by atoms with Gasteiger partial charge < -0.3 is 10.6 Å². The van der Waals surface area contributed by atoms with Crippen LogP contribution in [0.5, 0.6) is 0 Å². The highest BCUT2D eigenvalue weighted by atomic mass is 32.2. The first-order valence-electron chi connectivity index (χ1n) is 6.76. The van der Waals surface area contributed by atoms with Crippen molar-refractivity contribution >= 4 is 15.9 Å². The molecule has 1 aromatic carbocycles. The maximum atomic E-state index is 12.0. The number of urea groups is 1. The summed E-state index contributed by atoms with van der Waals surface area (Å²) in [5, 5.41) is 5.64. The predicted octanol–water partition coefficient (Wildman–Crippen LogP) is 1.86. The second-order valence-corrected chi connectivity index (χ2v) is 7.52. The summed E-state index contributed by atoms with van der Waals surface area (Å²) in [6.07, 6.45) is 0.411. The number of rotatable bonds is 3. The first-order chi connectivity index (χ1) is 9.40. The molecule has 6 heteroatoms. The standard InChI is InChI=1S/C14H20N2O3S/c1-10(2)9-15-14(17)16-12-7-8-20(18,19)13-6-4-3-5-11(12)13/h3-6,10,12H,7-9H2,1-2H3,(H2,15,16,17). The van der Waals surface area contributed by atoms with Gasteiger partial charge in [-0.1, -0.05) is 32.0 Å². The number of nitrogens with one attached hydrogen (secondary N) is 2. The van der Waals surface area contributed by atoms with Crippen molar-refractivity contribution in [2.45, 2.75) is 31.2 Å². The van der Waals surface area contributed by atoms with Gasteiger partial charge in [-0.05, 0) is 24.0 Å². The number of benzene rings is 1. The van der Waals surface area contributed by atoms with Gasteiger partial charge in [0.1, 0.15) is 0 Å². The van der Waals surface area contributed by atoms with Crippen molar-refractivity contribution in [3.63, 3.8) is 0 Å². The topological polar surface area (TPSA) is 75.3 Å². The zero-order valence-electron chi connectivity index (χ0n) is 11.7. The second-order valence-electron chi connectivity index (χ2n) is 5.45. The second kappa shape index (κ2) is 5.83. The van der Waals surface area contributed by atoms with Crippen molar-refractivity contribution < 1.29 is 13.2 Å². The van der Waals surface area contributed by atoms with E-state index in [0.29, 0.717) is 29.3 Å². The summed E-state index contributed by atoms with van der Waals surface area (Å²) in [5.41, 5.74) is 0.679. The van der Waals surface area contributed by atoms with E-state index in [1.54, 1.807) is 24.3 Å². The molecule has 1 aromatic rings. The number of carbonyl (C=O) groups is 1. The van der Waals surface area contributed by atoms with Gasteiger partial charge in [-0.2, -0.15) is 0 Å². The molecule has 5 nitrogen and oxygen atoms in total. The van der Waals surface area contributed by atoms with Crippen LogP contribution < -0.4 is 10.6 Å². The average Bonchev–Trinajstić information content (AvgIpc) is 2.40. The molecule has 0 aromatic heterocycles. The highest BCUT2D eigenvalue weighted by molar-refractivity contribution is 7.91. The van der Waals surface area contributed by atoms with Crippen LogP contribution in [-0.4, -0.2) is 26.7 Å². The Morgan fingerprint density at radius 2 is 2.05 bits per heavy atom. The third kappa shape index (κ3) is 3.30. The minimum Gasteiger partial charge on any atom is -0.338 e. The molecular weight excluding hydrogens is 276 g/mol. The van der Waals surface area contributed by atoms with Crippen LogP contribution in [0.1, 0.15) is 31.9 Å². The van der Waals surface area contributed by atoms with Gasteiger partial charge >= 0.3 is 6.03 Å². The van der Waals surface area contributed by atoms with Gasteiger partial charge in [-0.25, -0.2) is 13.2 Å². The average molecular weight is 296 g/mol. The maximum absolute atomic E-state index is 12.0. The zero-order chi connectivity index (χ0) is 14.8. The smallest absolute Gasteiger partial charge is 0.315 e. The van der Waals surface area contributed by atoms with E-state index in [1.807, 2.05) is 13.8 Å². The highest BCUT2D eigenvalue weighted by Gasteiger charge is 2.30. The molecule has 20 heavy (non-hydrogen) atoms. The number of carbonyl (C=O) groups excluding carboxylic acids is 1. The number of fused-ring (bicyclic) bond motifs is 1. The van der Waals surface area contributed by atoms with Crippen LogP contribution in [0.15, 0.2) is 29.2 Å². The van der Waals surface area contributed by atoms with Crippen molar-refractivity contribution in [2.75, 3.05) is 12.3 Å². The van der Waals surface area contributed by atoms with Gasteiger partial charge in [0.15, 0.2) is 9.84 Å². The van der Waals surface area contributed by atoms with E-state index in [0.717, 1.165) is 0 Å². The minimum absolute atomic E-state index is 0.0686. The Balaban J connectivity index is 2.13. The Kier molecular flexibility index (Phi) is 4.32. The molecule has 1 atom stereocenters. The van der Waals surface area contributed by atoms with Crippen LogP contribution >= 0.6 is 0 Å². The van der Waals surface area contributed by atoms with Crippen molar-refractivity contribution in [3.8, 4) is 0 Å². The Hall–Kier alpha value is -1.56. The van der Waals surface area contributed by atoms with Crippen molar-refractivity contribution in [1.29, 1.82) is 0 Å². The zero-order valence-corrected chi connectivity index (χ0v) is 12.5. The quantitative estimate of drug-likeness (QED) is 0.894. The summed E-state index contributed by atoms with van der Waals surface area (Å²) in [5.74, 6) is 0.443. The van der Waals surface area contributed by atoms with Crippen LogP contribution in [0.2, 0.25) is 0 Å². The van der Waals surface area contributed by atoms with Crippen LogP contribution in [0, 0.1) is 5.92 Å². The number of amides is 2. The lowest BCUT2D eigenvalue weighted by Gasteiger charge is -2.26. The molecular formula is C14H20N2O3S. The van der Waals surface area contributed by atoms with Gasteiger partial charge in [0.25, 0.3) is 0 Å². The third-order valence-electron chi connectivity index (χ3n) is 3.28. The van der Waals surface area contributed by atoms with Gasteiger partial charge in [0.2, 0.25) is 0 Å². The Morgan fingerprint density at radius 3 is 2.75 bits per heavy atom. The SMILES string of the molecule is CC(C)CNC(=O)NC1CCS(=O)(=O)c2ccccc21. The summed E-state index contributed by atoms with van der Waals surface area (Å²) < 4.78 is 24.0. The first-order valence-corrected chi connectivity index (χ1v) is 8.41. The predicted molar refractivity (Wildman–Crippen MR) is 77.2 cm³/mol. The summed E-state index contributed by atoms with van der Waals surface area (Å²) >= 11 is 0. The lowest BCUT2D eigenvalue weighted by Crippen LogP contribution is -2.41. The van der Waals surface area contributed by atoms with E-state index in [-0.39, 0.29) is 17.8 Å². The fourth-order valence-electron chi connectivity index (χ4n) is 2.25. The minimum atomic E-state index is -3.21. The molecule has 0 spiro atoms. The monoisotopic (exact) mass is 296 g/mol. The molecule has 0 fully saturated rings. The normalized spacial score (nSPS) is 20.2. The van der Waals surface area contributed by atoms with Crippen LogP contribution in [0.3, 0.4) is 0 Å². The summed E-state index contributed by atoms with van der Waals surface area (Å²) in [6, 6.07) is 6.36. The van der Waals surface area contributed by atoms with Crippen LogP contribution in [0.25, 0.3) is 0 Å². The van der Waals surface area contributed by atoms with Crippen LogP contribution in [0.4, 0.5) is 4.79 Å². The molecule has 0 bridgehead atoms. The Bertz CT molecular complexity index is 596. The maximum Gasteiger partial charge on any atom is 0.315 e. The van der Waals surface area contributed by atoms with E-state index in [2.05, 4.69) is 10.6 Å². The lowest BCUT2D eigenvalue weighted by molar-refractivity contribution is 0.235. The van der Waals surface area contributed by atoms with E-state index in [4.69, 9.17) is 0 Å². The highest BCUT2D eigenvalue weighted by Crippen LogP contribution is 2.31. The third-order valence-corrected chi connectivity index (χ3v) is 5.10. The fraction of sp³-hybridized carbons (Fsp3) is 0.500. The van der Waals surface area contributed by atoms with Crippen molar-refractivity contribution in [2.24, 2.45) is 5.92 Å². The molecule has 0 saturated carbocycles. The number of hydrogen-bond donors (Lipinski definition) is 2. The number of hydrogen-bond acceptors (Lipinski definition) is 3. The Morgan fingerprint density at radius 1 is 1.35 bits per heavy atom. The molecule has 1 heterocycles. The number of sulfone groups is 1. The molecule has 2 rings (SSSR count). The van der Waals surface area contributed by atoms with Gasteiger partial charge in [0, 0.05) is 6.54 Å². The molecule has 1 unspecified atom stereocenters. The first kappa shape index (κ1) is 14.8. The Labute approximate surface area is 119 Å². The van der Waals surface area contributed by atoms with Gasteiger partial charge in [-0.15, -0.1) is 0 Å². The van der Waals surface area contributed by atoms with E-state index in [1.165, 1.54) is 0 Å². The van der Waals surface area contributed by atoms with Gasteiger partial charge in [-0.3, -0.25) is 0 Å². The van der Waals surface area contributed by atoms with E-state index in [9.17, 15) is 13.2 Å². The van der Waals surface area contributed by atoms with Crippen LogP contribution in [-0.2, 0) is 9.84 Å². The molecule has 0 aliphatic carbocycles. The molecule has 110 valence electrons. The van der Waals surface area contributed by atoms with Crippen molar-refractivity contribution in [1.82, 2.24) is 10.6 Å². The largest absolute Gasteiger partial charge is 0.338 e. The molecule has 1 aliphatic rings. The summed E-state index contributed by atoms with van der Waals surface area (Å²) in [4.78, 5) is 12.1. The molecule has 1 aliphatic heterocycles. The molecule has 2 N–H and O–H groups in total. The van der Waals surface area contributed by atoms with E-state index >= 15 is 0 Å². The molecule has 2 amide bonds. The summed E-state index contributed by atoms with van der Waals surface area (Å²) in [7, 11) is -3.21. The lowest BCUT2D eigenvalue weighted by atomic mass is 10.0. The summed E-state index contributed by atoms with van der Waals surface area (Å²) in [6.45, 7) is 4.63.